The average molecular weight is 261 g/mol. The molecule has 0 bridgehead atoms. The van der Waals surface area contributed by atoms with Crippen molar-refractivity contribution in [1.82, 2.24) is 5.32 Å². The maximum absolute atomic E-state index is 3.70. The van der Waals surface area contributed by atoms with Gasteiger partial charge in [-0.25, -0.2) is 0 Å². The van der Waals surface area contributed by atoms with Gasteiger partial charge in [0.15, 0.2) is 0 Å². The Morgan fingerprint density at radius 2 is 1.53 bits per heavy atom. The van der Waals surface area contributed by atoms with Gasteiger partial charge in [-0.05, 0) is 64.2 Å². The van der Waals surface area contributed by atoms with Gasteiger partial charge in [-0.2, -0.15) is 0 Å². The summed E-state index contributed by atoms with van der Waals surface area (Å²) in [6.45, 7) is 16.8. The third kappa shape index (κ3) is 4.07. The van der Waals surface area contributed by atoms with E-state index in [-0.39, 0.29) is 11.0 Å². The molecule has 0 saturated carbocycles. The summed E-state index contributed by atoms with van der Waals surface area (Å²) >= 11 is 0. The van der Waals surface area contributed by atoms with Crippen molar-refractivity contribution in [3.63, 3.8) is 0 Å². The zero-order valence-corrected chi connectivity index (χ0v) is 13.9. The minimum absolute atomic E-state index is 0.176. The fourth-order valence-electron chi connectivity index (χ4n) is 2.52. The molecule has 0 aliphatic carbocycles. The molecule has 1 heteroatoms. The lowest BCUT2D eigenvalue weighted by Crippen LogP contribution is -2.45. The van der Waals surface area contributed by atoms with Crippen LogP contribution in [-0.4, -0.2) is 12.1 Å². The van der Waals surface area contributed by atoms with Crippen molar-refractivity contribution in [2.75, 3.05) is 6.54 Å². The molecule has 1 N–H and O–H groups in total. The maximum Gasteiger partial charge on any atom is 0.00968 e. The highest BCUT2D eigenvalue weighted by Gasteiger charge is 2.29. The molecular weight excluding hydrogens is 230 g/mol. The third-order valence-corrected chi connectivity index (χ3v) is 4.43. The molecule has 1 rings (SSSR count). The van der Waals surface area contributed by atoms with Gasteiger partial charge in [0.1, 0.15) is 0 Å². The second-order valence-electron chi connectivity index (χ2n) is 6.89. The molecular formula is C18H31N. The van der Waals surface area contributed by atoms with Crippen LogP contribution in [0.4, 0.5) is 0 Å². The molecule has 0 saturated heterocycles. The number of aryl methyl sites for hydroxylation is 2. The first kappa shape index (κ1) is 16.2. The summed E-state index contributed by atoms with van der Waals surface area (Å²) in [5.41, 5.74) is 4.70. The third-order valence-electron chi connectivity index (χ3n) is 4.43. The highest BCUT2D eigenvalue weighted by atomic mass is 15.0. The smallest absolute Gasteiger partial charge is 0.00968 e. The van der Waals surface area contributed by atoms with Crippen LogP contribution in [0, 0.1) is 13.8 Å². The summed E-state index contributed by atoms with van der Waals surface area (Å²) in [7, 11) is 0. The van der Waals surface area contributed by atoms with Crippen molar-refractivity contribution >= 4 is 0 Å². The Bertz CT molecular complexity index is 408. The van der Waals surface area contributed by atoms with Crippen LogP contribution < -0.4 is 5.32 Å². The molecule has 0 fully saturated rings. The summed E-state index contributed by atoms with van der Waals surface area (Å²) in [6.07, 6.45) is 2.35. The molecule has 0 heterocycles. The predicted octanol–water partition coefficient (Wildman–Crippen LogP) is 4.75. The zero-order valence-electron chi connectivity index (χ0n) is 13.9. The van der Waals surface area contributed by atoms with Crippen molar-refractivity contribution in [2.45, 2.75) is 72.3 Å². The van der Waals surface area contributed by atoms with E-state index in [2.05, 4.69) is 72.0 Å². The molecule has 0 aliphatic heterocycles. The van der Waals surface area contributed by atoms with E-state index in [1.54, 1.807) is 0 Å². The topological polar surface area (TPSA) is 12.0 Å². The Morgan fingerprint density at radius 3 is 1.95 bits per heavy atom. The standard InChI is InChI=1S/C18H31N/c1-8-18(9-2,13-19-17(5,6)7)16-11-10-14(3)15(4)12-16/h10-12,19H,8-9,13H2,1-7H3. The Labute approximate surface area is 119 Å². The van der Waals surface area contributed by atoms with Gasteiger partial charge in [0.05, 0.1) is 0 Å². The van der Waals surface area contributed by atoms with Crippen LogP contribution in [-0.2, 0) is 5.41 Å². The van der Waals surface area contributed by atoms with Gasteiger partial charge in [-0.15, -0.1) is 0 Å². The normalized spacial score (nSPS) is 12.8. The van der Waals surface area contributed by atoms with E-state index >= 15 is 0 Å². The van der Waals surface area contributed by atoms with Crippen molar-refractivity contribution in [3.8, 4) is 0 Å². The summed E-state index contributed by atoms with van der Waals surface area (Å²) in [4.78, 5) is 0. The second kappa shape index (κ2) is 6.09. The van der Waals surface area contributed by atoms with Gasteiger partial charge >= 0.3 is 0 Å². The van der Waals surface area contributed by atoms with Crippen molar-refractivity contribution in [3.05, 3.63) is 34.9 Å². The van der Waals surface area contributed by atoms with E-state index < -0.39 is 0 Å². The van der Waals surface area contributed by atoms with Gasteiger partial charge in [0, 0.05) is 17.5 Å². The summed E-state index contributed by atoms with van der Waals surface area (Å²) in [6, 6.07) is 6.97. The Kier molecular flexibility index (Phi) is 5.20. The molecule has 19 heavy (non-hydrogen) atoms. The molecule has 1 aromatic carbocycles. The van der Waals surface area contributed by atoms with E-state index in [0.29, 0.717) is 0 Å². The number of nitrogens with one attached hydrogen (secondary N) is 1. The summed E-state index contributed by atoms with van der Waals surface area (Å²) in [5, 5.41) is 3.70. The molecule has 108 valence electrons. The first-order valence-corrected chi connectivity index (χ1v) is 7.57. The van der Waals surface area contributed by atoms with Crippen molar-refractivity contribution in [1.29, 1.82) is 0 Å². The average Bonchev–Trinajstić information content (AvgIpc) is 2.34. The highest BCUT2D eigenvalue weighted by molar-refractivity contribution is 5.35. The maximum atomic E-state index is 3.70. The van der Waals surface area contributed by atoms with Gasteiger partial charge in [-0.3, -0.25) is 0 Å². The molecule has 0 radical (unpaired) electrons. The minimum atomic E-state index is 0.176. The van der Waals surface area contributed by atoms with E-state index in [0.717, 1.165) is 6.54 Å². The quantitative estimate of drug-likeness (QED) is 0.806. The number of benzene rings is 1. The number of hydrogen-bond donors (Lipinski definition) is 1. The van der Waals surface area contributed by atoms with Crippen molar-refractivity contribution < 1.29 is 0 Å². The van der Waals surface area contributed by atoms with Crippen LogP contribution in [0.3, 0.4) is 0 Å². The van der Waals surface area contributed by atoms with E-state index in [1.165, 1.54) is 29.5 Å². The molecule has 0 spiro atoms. The van der Waals surface area contributed by atoms with Gasteiger partial charge in [0.2, 0.25) is 0 Å². The van der Waals surface area contributed by atoms with E-state index in [1.807, 2.05) is 0 Å². The van der Waals surface area contributed by atoms with E-state index in [4.69, 9.17) is 0 Å². The monoisotopic (exact) mass is 261 g/mol. The van der Waals surface area contributed by atoms with Crippen LogP contribution in [0.1, 0.15) is 64.2 Å². The van der Waals surface area contributed by atoms with Crippen LogP contribution in [0.15, 0.2) is 18.2 Å². The molecule has 1 aromatic rings. The molecule has 0 aromatic heterocycles. The highest BCUT2D eigenvalue weighted by Crippen LogP contribution is 2.32. The summed E-state index contributed by atoms with van der Waals surface area (Å²) < 4.78 is 0. The fourth-order valence-corrected chi connectivity index (χ4v) is 2.52. The molecule has 1 nitrogen and oxygen atoms in total. The fraction of sp³-hybridized carbons (Fsp3) is 0.667. The molecule has 0 amide bonds. The first-order chi connectivity index (χ1) is 8.74. The Morgan fingerprint density at radius 1 is 0.947 bits per heavy atom. The van der Waals surface area contributed by atoms with Gasteiger partial charge < -0.3 is 5.32 Å². The lowest BCUT2D eigenvalue weighted by molar-refractivity contribution is 0.312. The van der Waals surface area contributed by atoms with Crippen LogP contribution in [0.25, 0.3) is 0 Å². The van der Waals surface area contributed by atoms with Gasteiger partial charge in [0.25, 0.3) is 0 Å². The number of rotatable bonds is 5. The van der Waals surface area contributed by atoms with Crippen molar-refractivity contribution in [2.24, 2.45) is 0 Å². The van der Waals surface area contributed by atoms with Gasteiger partial charge in [-0.1, -0.05) is 32.0 Å². The Balaban J connectivity index is 3.07. The molecule has 0 unspecified atom stereocenters. The lowest BCUT2D eigenvalue weighted by atomic mass is 9.74. The van der Waals surface area contributed by atoms with Crippen LogP contribution in [0.2, 0.25) is 0 Å². The molecule has 0 atom stereocenters. The first-order valence-electron chi connectivity index (χ1n) is 7.57. The zero-order chi connectivity index (χ0) is 14.7. The minimum Gasteiger partial charge on any atom is -0.311 e. The van der Waals surface area contributed by atoms with Crippen LogP contribution in [0.5, 0.6) is 0 Å². The van der Waals surface area contributed by atoms with E-state index in [9.17, 15) is 0 Å². The lowest BCUT2D eigenvalue weighted by Gasteiger charge is -2.36. The number of hydrogen-bond acceptors (Lipinski definition) is 1. The van der Waals surface area contributed by atoms with Crippen LogP contribution >= 0.6 is 0 Å². The predicted molar refractivity (Wildman–Crippen MR) is 85.9 cm³/mol. The SMILES string of the molecule is CCC(CC)(CNC(C)(C)C)c1ccc(C)c(C)c1. The molecule has 0 aliphatic rings. The second-order valence-corrected chi connectivity index (χ2v) is 6.89. The Hall–Kier alpha value is -0.820. The largest absolute Gasteiger partial charge is 0.311 e. The summed E-state index contributed by atoms with van der Waals surface area (Å²) in [5.74, 6) is 0.